The van der Waals surface area contributed by atoms with Gasteiger partial charge in [-0.05, 0) is 71.5 Å². The first-order valence-electron chi connectivity index (χ1n) is 8.39. The predicted molar refractivity (Wildman–Crippen MR) is 112 cm³/mol. The lowest BCUT2D eigenvalue weighted by Crippen LogP contribution is -2.59. The van der Waals surface area contributed by atoms with E-state index in [1.165, 1.54) is 0 Å². The first kappa shape index (κ1) is 23.7. The van der Waals surface area contributed by atoms with Gasteiger partial charge in [0.05, 0.1) is 0 Å². The second kappa shape index (κ2) is 7.91. The average Bonchev–Trinajstić information content (AvgIpc) is 2.21. The second-order valence-electron chi connectivity index (χ2n) is 8.74. The molecule has 0 rings (SSSR count). The highest BCUT2D eigenvalue weighted by atomic mass is 28.5. The van der Waals surface area contributed by atoms with Crippen LogP contribution in [0.15, 0.2) is 12.3 Å². The number of hydrogen-bond donors (Lipinski definition) is 0. The molecule has 0 N–H and O–H groups in total. The molecule has 138 valence electrons. The van der Waals surface area contributed by atoms with Gasteiger partial charge in [0.2, 0.25) is 0 Å². The van der Waals surface area contributed by atoms with Crippen LogP contribution in [0.25, 0.3) is 0 Å². The Morgan fingerprint density at radius 3 is 1.43 bits per heavy atom. The Labute approximate surface area is 149 Å². The normalized spacial score (nSPS) is 19.1. The van der Waals surface area contributed by atoms with E-state index < -0.39 is 42.3 Å². The van der Waals surface area contributed by atoms with Crippen LogP contribution in [0, 0.1) is 0 Å². The van der Waals surface area contributed by atoms with Gasteiger partial charge >= 0.3 is 25.7 Å². The smallest absolute Gasteiger partial charge is 0.342 e. The standard InChI is InChI=1S/C14H38O4Si5/c1-13-22(11,15-19(3,4)5)17-21(9,10)18-23(12,14-2)16-20(6,7)8/h13H,1,14H2,2-12H3. The van der Waals surface area contributed by atoms with Gasteiger partial charge in [0.25, 0.3) is 0 Å². The van der Waals surface area contributed by atoms with Crippen molar-refractivity contribution in [2.45, 2.75) is 78.4 Å². The fourth-order valence-electron chi connectivity index (χ4n) is 2.55. The third kappa shape index (κ3) is 10.3. The van der Waals surface area contributed by atoms with Crippen LogP contribution >= 0.6 is 0 Å². The van der Waals surface area contributed by atoms with Crippen molar-refractivity contribution in [3.63, 3.8) is 0 Å². The molecule has 0 saturated heterocycles. The molecule has 0 saturated carbocycles. The Morgan fingerprint density at radius 1 is 0.696 bits per heavy atom. The summed E-state index contributed by atoms with van der Waals surface area (Å²) in [5, 5.41) is 0. The van der Waals surface area contributed by atoms with Gasteiger partial charge in [-0.15, -0.1) is 6.58 Å². The molecule has 0 aromatic rings. The van der Waals surface area contributed by atoms with E-state index in [4.69, 9.17) is 16.5 Å². The molecule has 0 aliphatic heterocycles. The summed E-state index contributed by atoms with van der Waals surface area (Å²) in [6.45, 7) is 27.7. The maximum absolute atomic E-state index is 6.55. The molecule has 9 heteroatoms. The third-order valence-electron chi connectivity index (χ3n) is 2.95. The highest BCUT2D eigenvalue weighted by Gasteiger charge is 2.46. The van der Waals surface area contributed by atoms with Crippen LogP contribution in [-0.4, -0.2) is 42.3 Å². The molecule has 0 aliphatic carbocycles. The van der Waals surface area contributed by atoms with Crippen molar-refractivity contribution < 1.29 is 16.5 Å². The van der Waals surface area contributed by atoms with Gasteiger partial charge in [0, 0.05) is 0 Å². The summed E-state index contributed by atoms with van der Waals surface area (Å²) >= 11 is 0. The fraction of sp³-hybridized carbons (Fsp3) is 0.857. The average molecular weight is 411 g/mol. The number of rotatable bonds is 10. The molecular weight excluding hydrogens is 373 g/mol. The van der Waals surface area contributed by atoms with Gasteiger partial charge in [-0.2, -0.15) is 0 Å². The Bertz CT molecular complexity index is 405. The Kier molecular flexibility index (Phi) is 8.14. The lowest BCUT2D eigenvalue weighted by molar-refractivity contribution is 0.299. The van der Waals surface area contributed by atoms with Gasteiger partial charge in [-0.1, -0.05) is 12.6 Å². The van der Waals surface area contributed by atoms with Gasteiger partial charge in [0.1, 0.15) is 0 Å². The molecule has 23 heavy (non-hydrogen) atoms. The number of hydrogen-bond acceptors (Lipinski definition) is 4. The van der Waals surface area contributed by atoms with Gasteiger partial charge in [-0.3, -0.25) is 0 Å². The van der Waals surface area contributed by atoms with Gasteiger partial charge < -0.3 is 16.5 Å². The monoisotopic (exact) mass is 410 g/mol. The Balaban J connectivity index is 5.20. The van der Waals surface area contributed by atoms with Crippen molar-refractivity contribution in [3.05, 3.63) is 12.3 Å². The summed E-state index contributed by atoms with van der Waals surface area (Å²) in [4.78, 5) is 0. The Morgan fingerprint density at radius 2 is 1.13 bits per heavy atom. The van der Waals surface area contributed by atoms with Crippen molar-refractivity contribution in [1.29, 1.82) is 0 Å². The summed E-state index contributed by atoms with van der Waals surface area (Å²) in [5.41, 5.74) is 1.88. The zero-order valence-electron chi connectivity index (χ0n) is 17.1. The SMILES string of the molecule is C=C[Si](C)(O[Si](C)(C)C)O[Si](C)(C)O[Si](C)(CC)O[Si](C)(C)C. The molecule has 0 aromatic carbocycles. The van der Waals surface area contributed by atoms with E-state index in [2.05, 4.69) is 79.0 Å². The molecule has 0 amide bonds. The van der Waals surface area contributed by atoms with Crippen LogP contribution in [0.1, 0.15) is 6.92 Å². The maximum atomic E-state index is 6.55. The second-order valence-corrected chi connectivity index (χ2v) is 28.7. The molecule has 0 heterocycles. The topological polar surface area (TPSA) is 36.9 Å². The van der Waals surface area contributed by atoms with Gasteiger partial charge in [-0.25, -0.2) is 0 Å². The summed E-state index contributed by atoms with van der Waals surface area (Å²) in [6.07, 6.45) is 0. The molecule has 0 fully saturated rings. The van der Waals surface area contributed by atoms with E-state index >= 15 is 0 Å². The van der Waals surface area contributed by atoms with E-state index in [9.17, 15) is 0 Å². The zero-order valence-corrected chi connectivity index (χ0v) is 22.1. The van der Waals surface area contributed by atoms with Crippen molar-refractivity contribution in [2.24, 2.45) is 0 Å². The molecule has 0 bridgehead atoms. The van der Waals surface area contributed by atoms with E-state index in [0.29, 0.717) is 0 Å². The summed E-state index contributed by atoms with van der Waals surface area (Å²) in [5.74, 6) is 0. The fourth-order valence-corrected chi connectivity index (χ4v) is 24.1. The highest BCUT2D eigenvalue weighted by Crippen LogP contribution is 2.28. The maximum Gasteiger partial charge on any atom is 0.342 e. The molecule has 0 aromatic heterocycles. The van der Waals surface area contributed by atoms with E-state index in [1.54, 1.807) is 0 Å². The minimum Gasteiger partial charge on any atom is -0.437 e. The van der Waals surface area contributed by atoms with Crippen molar-refractivity contribution in [2.75, 3.05) is 0 Å². The van der Waals surface area contributed by atoms with E-state index in [-0.39, 0.29) is 0 Å². The molecule has 0 radical (unpaired) electrons. The van der Waals surface area contributed by atoms with E-state index in [0.717, 1.165) is 6.04 Å². The molecule has 0 spiro atoms. The third-order valence-corrected chi connectivity index (χ3v) is 20.5. The minimum atomic E-state index is -2.43. The van der Waals surface area contributed by atoms with Crippen LogP contribution in [0.4, 0.5) is 0 Å². The summed E-state index contributed by atoms with van der Waals surface area (Å²) in [7, 11) is -10.4. The molecule has 2 atom stereocenters. The van der Waals surface area contributed by atoms with Crippen molar-refractivity contribution in [1.82, 2.24) is 0 Å². The predicted octanol–water partition coefficient (Wildman–Crippen LogP) is 5.31. The highest BCUT2D eigenvalue weighted by molar-refractivity contribution is 6.92. The van der Waals surface area contributed by atoms with Crippen molar-refractivity contribution in [3.8, 4) is 0 Å². The Hall–Kier alpha value is 0.664. The van der Waals surface area contributed by atoms with Crippen LogP contribution < -0.4 is 0 Å². The van der Waals surface area contributed by atoms with Crippen LogP contribution in [0.3, 0.4) is 0 Å². The van der Waals surface area contributed by atoms with Crippen LogP contribution in [0.2, 0.25) is 71.5 Å². The first-order valence-corrected chi connectivity index (χ1v) is 22.9. The largest absolute Gasteiger partial charge is 0.437 e. The molecule has 2 unspecified atom stereocenters. The minimum absolute atomic E-state index is 0.929. The molecule has 4 nitrogen and oxygen atoms in total. The van der Waals surface area contributed by atoms with Gasteiger partial charge in [0.15, 0.2) is 16.6 Å². The summed E-state index contributed by atoms with van der Waals surface area (Å²) in [6, 6.07) is 0.929. The van der Waals surface area contributed by atoms with Crippen molar-refractivity contribution >= 4 is 42.3 Å². The molecular formula is C14H38O4Si5. The summed E-state index contributed by atoms with van der Waals surface area (Å²) < 4.78 is 25.8. The first-order chi connectivity index (χ1) is 9.95. The zero-order chi connectivity index (χ0) is 18.7. The van der Waals surface area contributed by atoms with E-state index in [1.807, 2.05) is 5.70 Å². The quantitative estimate of drug-likeness (QED) is 0.457. The lowest BCUT2D eigenvalue weighted by atomic mass is 11.0. The molecule has 0 aliphatic rings. The lowest BCUT2D eigenvalue weighted by Gasteiger charge is -2.42. The van der Waals surface area contributed by atoms with Crippen LogP contribution in [0.5, 0.6) is 0 Å². The van der Waals surface area contributed by atoms with Crippen LogP contribution in [-0.2, 0) is 16.5 Å².